The number of piperidine rings is 1. The molecule has 1 atom stereocenters. The van der Waals surface area contributed by atoms with E-state index in [1.165, 1.54) is 6.07 Å². The molecular formula is C15H22FNO2. The molecular weight excluding hydrogens is 245 g/mol. The minimum Gasteiger partial charge on any atom is -0.489 e. The standard InChI is InChI=1S/C15H22FNO2/c1-15(12-18)7-4-8-17(11-15)9-10-19-14-6-3-2-5-13(14)16/h2-3,5-6,18H,4,7-12H2,1H3. The molecule has 19 heavy (non-hydrogen) atoms. The smallest absolute Gasteiger partial charge is 0.165 e. The Balaban J connectivity index is 1.78. The predicted molar refractivity (Wildman–Crippen MR) is 72.8 cm³/mol. The van der Waals surface area contributed by atoms with Crippen molar-refractivity contribution >= 4 is 0 Å². The van der Waals surface area contributed by atoms with Crippen molar-refractivity contribution in [2.45, 2.75) is 19.8 Å². The second-order valence-electron chi connectivity index (χ2n) is 5.63. The Morgan fingerprint density at radius 3 is 2.95 bits per heavy atom. The molecule has 0 bridgehead atoms. The Morgan fingerprint density at radius 1 is 1.42 bits per heavy atom. The maximum absolute atomic E-state index is 13.4. The van der Waals surface area contributed by atoms with E-state index in [9.17, 15) is 9.50 Å². The van der Waals surface area contributed by atoms with Crippen LogP contribution in [0, 0.1) is 11.2 Å². The number of halogens is 1. The van der Waals surface area contributed by atoms with Crippen LogP contribution in [0.3, 0.4) is 0 Å². The number of likely N-dealkylation sites (tertiary alicyclic amines) is 1. The Bertz CT molecular complexity index is 413. The lowest BCUT2D eigenvalue weighted by Crippen LogP contribution is -2.45. The van der Waals surface area contributed by atoms with E-state index in [-0.39, 0.29) is 17.8 Å². The van der Waals surface area contributed by atoms with Crippen molar-refractivity contribution in [1.29, 1.82) is 0 Å². The van der Waals surface area contributed by atoms with Gasteiger partial charge in [0.1, 0.15) is 6.61 Å². The van der Waals surface area contributed by atoms with Crippen LogP contribution in [-0.2, 0) is 0 Å². The maximum atomic E-state index is 13.4. The number of ether oxygens (including phenoxy) is 1. The summed E-state index contributed by atoms with van der Waals surface area (Å²) in [5, 5.41) is 9.40. The number of benzene rings is 1. The second kappa shape index (κ2) is 6.35. The van der Waals surface area contributed by atoms with E-state index in [0.717, 1.165) is 32.5 Å². The van der Waals surface area contributed by atoms with Gasteiger partial charge in [-0.3, -0.25) is 4.90 Å². The molecule has 4 heteroatoms. The summed E-state index contributed by atoms with van der Waals surface area (Å²) < 4.78 is 18.8. The van der Waals surface area contributed by atoms with Crippen molar-refractivity contribution in [3.63, 3.8) is 0 Å². The van der Waals surface area contributed by atoms with Gasteiger partial charge in [0.15, 0.2) is 11.6 Å². The van der Waals surface area contributed by atoms with Gasteiger partial charge < -0.3 is 9.84 Å². The fourth-order valence-corrected chi connectivity index (χ4v) is 2.59. The Kier molecular flexibility index (Phi) is 4.77. The summed E-state index contributed by atoms with van der Waals surface area (Å²) in [5.74, 6) is -0.00855. The highest BCUT2D eigenvalue weighted by atomic mass is 19.1. The predicted octanol–water partition coefficient (Wildman–Crippen LogP) is 2.30. The van der Waals surface area contributed by atoms with Gasteiger partial charge in [-0.05, 0) is 31.5 Å². The molecule has 1 fully saturated rings. The monoisotopic (exact) mass is 267 g/mol. The van der Waals surface area contributed by atoms with Crippen molar-refractivity contribution < 1.29 is 14.2 Å². The topological polar surface area (TPSA) is 32.7 Å². The number of nitrogens with zero attached hydrogens (tertiary/aromatic N) is 1. The lowest BCUT2D eigenvalue weighted by Gasteiger charge is -2.39. The molecule has 0 spiro atoms. The van der Waals surface area contributed by atoms with Gasteiger partial charge in [-0.25, -0.2) is 4.39 Å². The molecule has 2 rings (SSSR count). The Labute approximate surface area is 114 Å². The summed E-state index contributed by atoms with van der Waals surface area (Å²) in [6, 6.07) is 6.46. The third-order valence-electron chi connectivity index (χ3n) is 3.74. The van der Waals surface area contributed by atoms with Gasteiger partial charge >= 0.3 is 0 Å². The highest BCUT2D eigenvalue weighted by molar-refractivity contribution is 5.23. The number of aliphatic hydroxyl groups excluding tert-OH is 1. The molecule has 1 heterocycles. The quantitative estimate of drug-likeness (QED) is 0.888. The van der Waals surface area contributed by atoms with Crippen LogP contribution < -0.4 is 4.74 Å². The second-order valence-corrected chi connectivity index (χ2v) is 5.63. The summed E-state index contributed by atoms with van der Waals surface area (Å²) in [4.78, 5) is 2.28. The van der Waals surface area contributed by atoms with E-state index in [4.69, 9.17) is 4.74 Å². The maximum Gasteiger partial charge on any atom is 0.165 e. The van der Waals surface area contributed by atoms with E-state index in [1.54, 1.807) is 18.2 Å². The zero-order chi connectivity index (χ0) is 13.7. The van der Waals surface area contributed by atoms with Gasteiger partial charge in [-0.1, -0.05) is 19.1 Å². The molecule has 3 nitrogen and oxygen atoms in total. The van der Waals surface area contributed by atoms with E-state index in [1.807, 2.05) is 0 Å². The number of para-hydroxylation sites is 1. The normalized spacial score (nSPS) is 24.4. The Morgan fingerprint density at radius 2 is 2.21 bits per heavy atom. The first-order valence-corrected chi connectivity index (χ1v) is 6.83. The first-order chi connectivity index (χ1) is 9.13. The fourth-order valence-electron chi connectivity index (χ4n) is 2.59. The molecule has 0 amide bonds. The summed E-state index contributed by atoms with van der Waals surface area (Å²) in [6.07, 6.45) is 2.16. The SMILES string of the molecule is CC1(CO)CCCN(CCOc2ccccc2F)C1. The molecule has 106 valence electrons. The highest BCUT2D eigenvalue weighted by Gasteiger charge is 2.29. The van der Waals surface area contributed by atoms with Gasteiger partial charge in [-0.2, -0.15) is 0 Å². The van der Waals surface area contributed by atoms with Crippen molar-refractivity contribution in [1.82, 2.24) is 4.90 Å². The molecule has 1 aromatic rings. The van der Waals surface area contributed by atoms with Crippen molar-refractivity contribution in [2.24, 2.45) is 5.41 Å². The largest absolute Gasteiger partial charge is 0.489 e. The number of rotatable bonds is 5. The average molecular weight is 267 g/mol. The van der Waals surface area contributed by atoms with Gasteiger partial charge in [0, 0.05) is 25.1 Å². The molecule has 0 aromatic heterocycles. The van der Waals surface area contributed by atoms with Gasteiger partial charge in [-0.15, -0.1) is 0 Å². The van der Waals surface area contributed by atoms with Gasteiger partial charge in [0.05, 0.1) is 0 Å². The average Bonchev–Trinajstić information content (AvgIpc) is 2.41. The number of aliphatic hydroxyl groups is 1. The first-order valence-electron chi connectivity index (χ1n) is 6.83. The molecule has 1 N–H and O–H groups in total. The van der Waals surface area contributed by atoms with Crippen LogP contribution in [0.25, 0.3) is 0 Å². The van der Waals surface area contributed by atoms with Crippen LogP contribution in [0.5, 0.6) is 5.75 Å². The van der Waals surface area contributed by atoms with Gasteiger partial charge in [0.2, 0.25) is 0 Å². The highest BCUT2D eigenvalue weighted by Crippen LogP contribution is 2.28. The number of hydrogen-bond donors (Lipinski definition) is 1. The zero-order valence-electron chi connectivity index (χ0n) is 11.4. The van der Waals surface area contributed by atoms with E-state index >= 15 is 0 Å². The molecule has 1 saturated heterocycles. The van der Waals surface area contributed by atoms with E-state index in [0.29, 0.717) is 12.4 Å². The van der Waals surface area contributed by atoms with Crippen LogP contribution >= 0.6 is 0 Å². The summed E-state index contributed by atoms with van der Waals surface area (Å²) in [7, 11) is 0. The third-order valence-corrected chi connectivity index (χ3v) is 3.74. The molecule has 1 aliphatic rings. The van der Waals surface area contributed by atoms with E-state index < -0.39 is 0 Å². The van der Waals surface area contributed by atoms with Crippen LogP contribution in [0.2, 0.25) is 0 Å². The van der Waals surface area contributed by atoms with E-state index in [2.05, 4.69) is 11.8 Å². The molecule has 1 aliphatic heterocycles. The summed E-state index contributed by atoms with van der Waals surface area (Å²) in [6.45, 7) is 5.47. The summed E-state index contributed by atoms with van der Waals surface area (Å²) >= 11 is 0. The molecule has 1 aromatic carbocycles. The van der Waals surface area contributed by atoms with Gasteiger partial charge in [0.25, 0.3) is 0 Å². The lowest BCUT2D eigenvalue weighted by molar-refractivity contribution is 0.0404. The van der Waals surface area contributed by atoms with Crippen molar-refractivity contribution in [2.75, 3.05) is 32.8 Å². The fraction of sp³-hybridized carbons (Fsp3) is 0.600. The molecule has 1 unspecified atom stereocenters. The zero-order valence-corrected chi connectivity index (χ0v) is 11.4. The Hall–Kier alpha value is -1.13. The van der Waals surface area contributed by atoms with Crippen LogP contribution in [-0.4, -0.2) is 42.9 Å². The summed E-state index contributed by atoms with van der Waals surface area (Å²) in [5.41, 5.74) is -0.00372. The molecule has 0 aliphatic carbocycles. The minimum absolute atomic E-state index is 0.00372. The van der Waals surface area contributed by atoms with Crippen LogP contribution in [0.1, 0.15) is 19.8 Å². The first kappa shape index (κ1) is 14.3. The van der Waals surface area contributed by atoms with Crippen molar-refractivity contribution in [3.05, 3.63) is 30.1 Å². The molecule has 0 saturated carbocycles. The van der Waals surface area contributed by atoms with Crippen molar-refractivity contribution in [3.8, 4) is 5.75 Å². The molecule has 0 radical (unpaired) electrons. The number of hydrogen-bond acceptors (Lipinski definition) is 3. The third kappa shape index (κ3) is 3.91. The van der Waals surface area contributed by atoms with Crippen LogP contribution in [0.15, 0.2) is 24.3 Å². The lowest BCUT2D eigenvalue weighted by atomic mass is 9.83. The van der Waals surface area contributed by atoms with Crippen LogP contribution in [0.4, 0.5) is 4.39 Å². The minimum atomic E-state index is -0.318.